The molecule has 0 N–H and O–H groups in total. The van der Waals surface area contributed by atoms with Gasteiger partial charge in [0.1, 0.15) is 11.2 Å². The van der Waals surface area contributed by atoms with Crippen molar-refractivity contribution in [3.8, 4) is 44.8 Å². The normalized spacial score (nSPS) is 11.6. The molecule has 0 fully saturated rings. The van der Waals surface area contributed by atoms with Crippen molar-refractivity contribution >= 4 is 59.2 Å². The molecule has 6 aromatic carbocycles. The molecule has 0 spiro atoms. The maximum atomic E-state index is 6.27. The summed E-state index contributed by atoms with van der Waals surface area (Å²) < 4.78 is 6.27. The van der Waals surface area contributed by atoms with E-state index in [-0.39, 0.29) is 20.1 Å². The average Bonchev–Trinajstić information content (AvgIpc) is 3.60. The number of hydrogen-bond donors (Lipinski definition) is 0. The van der Waals surface area contributed by atoms with Crippen molar-refractivity contribution in [2.45, 2.75) is 39.3 Å². The summed E-state index contributed by atoms with van der Waals surface area (Å²) in [6.45, 7) is 14.3. The van der Waals surface area contributed by atoms with E-state index in [4.69, 9.17) is 9.40 Å². The monoisotopic (exact) mass is 937 g/mol. The molecule has 0 saturated heterocycles. The van der Waals surface area contributed by atoms with Crippen LogP contribution in [0.3, 0.4) is 0 Å². The number of aromatic nitrogens is 2. The van der Waals surface area contributed by atoms with Crippen molar-refractivity contribution in [2.75, 3.05) is 0 Å². The van der Waals surface area contributed by atoms with E-state index in [0.29, 0.717) is 0 Å². The topological polar surface area (TPSA) is 38.9 Å². The molecule has 0 unspecified atom stereocenters. The van der Waals surface area contributed by atoms with Gasteiger partial charge >= 0.3 is 0 Å². The molecule has 0 aliphatic rings. The van der Waals surface area contributed by atoms with Gasteiger partial charge < -0.3 is 9.40 Å². The molecular weight excluding hydrogens is 893 g/mol. The van der Waals surface area contributed by atoms with Gasteiger partial charge in [-0.05, 0) is 40.6 Å². The number of furan rings is 1. The molecule has 3 nitrogen and oxygen atoms in total. The van der Waals surface area contributed by atoms with Crippen LogP contribution in [0.1, 0.15) is 0 Å². The molecule has 0 amide bonds. The zero-order valence-electron chi connectivity index (χ0n) is 32.6. The summed E-state index contributed by atoms with van der Waals surface area (Å²) in [5, 5.41) is 7.42. The maximum absolute atomic E-state index is 6.27. The van der Waals surface area contributed by atoms with Crippen LogP contribution < -0.4 is 10.4 Å². The van der Waals surface area contributed by atoms with Gasteiger partial charge in [-0.3, -0.25) is 4.98 Å². The Hall–Kier alpha value is -5.24. The molecule has 0 aliphatic heterocycles. The van der Waals surface area contributed by atoms with E-state index in [1.165, 1.54) is 38.0 Å². The first-order valence-corrected chi connectivity index (χ1v) is 25.9. The van der Waals surface area contributed by atoms with Crippen LogP contribution in [0.15, 0.2) is 162 Å². The van der Waals surface area contributed by atoms with E-state index in [2.05, 4.69) is 153 Å². The fourth-order valence-corrected chi connectivity index (χ4v) is 9.40. The molecule has 0 atom stereocenters. The van der Waals surface area contributed by atoms with E-state index < -0.39 is 16.1 Å². The van der Waals surface area contributed by atoms with Crippen LogP contribution >= 0.6 is 0 Å². The summed E-state index contributed by atoms with van der Waals surface area (Å²) in [5.74, 6) is 0. The van der Waals surface area contributed by atoms with Gasteiger partial charge in [0.05, 0.1) is 16.1 Å². The third-order valence-corrected chi connectivity index (χ3v) is 14.3. The Kier molecular flexibility index (Phi) is 11.2. The second-order valence-electron chi connectivity index (χ2n) is 16.1. The Labute approximate surface area is 345 Å². The van der Waals surface area contributed by atoms with Gasteiger partial charge in [0.2, 0.25) is 0 Å². The minimum atomic E-state index is -1.35. The van der Waals surface area contributed by atoms with Crippen LogP contribution in [-0.2, 0) is 20.1 Å². The molecule has 279 valence electrons. The van der Waals surface area contributed by atoms with Crippen molar-refractivity contribution < 1.29 is 24.5 Å². The standard InChI is InChI=1S/C30H24NOSi.C20H20NSi.Ir/c1-33(2,3)23-14-12-20(13-15-23)27-19-22(18-21-8-4-5-9-24(21)27)29-30-26(16-17-31-29)25-10-6-7-11-28(25)32-30;1-22(2,3)19-11-9-16(10-12-19)18-13-14-21-20(15-18)17-7-5-4-6-8-17;/h4-17,19H,1-3H3;4-7,9-15H,1-3H3;/q2*-1;. The predicted octanol–water partition coefficient (Wildman–Crippen LogP) is 12.6. The number of hydrogen-bond acceptors (Lipinski definition) is 3. The molecule has 0 saturated carbocycles. The Bertz CT molecular complexity index is 2760. The zero-order chi connectivity index (χ0) is 38.2. The van der Waals surface area contributed by atoms with Gasteiger partial charge in [-0.15, -0.1) is 59.5 Å². The van der Waals surface area contributed by atoms with E-state index >= 15 is 0 Å². The first-order chi connectivity index (χ1) is 26.5. The molecule has 0 aliphatic carbocycles. The van der Waals surface area contributed by atoms with Gasteiger partial charge in [0, 0.05) is 49.0 Å². The summed E-state index contributed by atoms with van der Waals surface area (Å²) in [7, 11) is -2.59. The number of nitrogens with zero attached hydrogens (tertiary/aromatic N) is 2. The second kappa shape index (κ2) is 16.1. The molecule has 9 aromatic rings. The van der Waals surface area contributed by atoms with Crippen molar-refractivity contribution in [2.24, 2.45) is 0 Å². The molecule has 3 heterocycles. The van der Waals surface area contributed by atoms with E-state index in [9.17, 15) is 0 Å². The van der Waals surface area contributed by atoms with Crippen LogP contribution in [0, 0.1) is 12.1 Å². The maximum Gasteiger partial charge on any atom is 0.134 e. The number of rotatable bonds is 6. The minimum Gasteiger partial charge on any atom is -0.462 e. The van der Waals surface area contributed by atoms with Crippen molar-refractivity contribution in [3.05, 3.63) is 170 Å². The van der Waals surface area contributed by atoms with Gasteiger partial charge in [-0.25, -0.2) is 0 Å². The van der Waals surface area contributed by atoms with Gasteiger partial charge in [0.15, 0.2) is 0 Å². The van der Waals surface area contributed by atoms with E-state index in [1.54, 1.807) is 0 Å². The molecule has 9 rings (SSSR count). The van der Waals surface area contributed by atoms with Gasteiger partial charge in [0.25, 0.3) is 0 Å². The summed E-state index contributed by atoms with van der Waals surface area (Å²) in [6, 6.07) is 57.9. The number of pyridine rings is 2. The van der Waals surface area contributed by atoms with Crippen LogP contribution in [0.4, 0.5) is 0 Å². The first-order valence-electron chi connectivity index (χ1n) is 18.9. The van der Waals surface area contributed by atoms with Crippen molar-refractivity contribution in [3.63, 3.8) is 0 Å². The van der Waals surface area contributed by atoms with Crippen LogP contribution in [0.25, 0.3) is 77.5 Å². The van der Waals surface area contributed by atoms with Crippen molar-refractivity contribution in [1.82, 2.24) is 9.97 Å². The molecule has 0 bridgehead atoms. The Balaban J connectivity index is 0.000000183. The molecule has 1 radical (unpaired) electrons. The third-order valence-electron chi connectivity index (χ3n) is 10.2. The summed E-state index contributed by atoms with van der Waals surface area (Å²) >= 11 is 0. The first kappa shape index (κ1) is 39.0. The quantitative estimate of drug-likeness (QED) is 0.123. The summed E-state index contributed by atoms with van der Waals surface area (Å²) in [4.78, 5) is 9.21. The Morgan fingerprint density at radius 1 is 0.518 bits per heavy atom. The van der Waals surface area contributed by atoms with Crippen LogP contribution in [0.5, 0.6) is 0 Å². The molecule has 6 heteroatoms. The molecule has 56 heavy (non-hydrogen) atoms. The fraction of sp³-hybridized carbons (Fsp3) is 0.120. The number of para-hydroxylation sites is 1. The van der Waals surface area contributed by atoms with Crippen LogP contribution in [-0.4, -0.2) is 26.1 Å². The Morgan fingerprint density at radius 2 is 1.14 bits per heavy atom. The zero-order valence-corrected chi connectivity index (χ0v) is 37.0. The van der Waals surface area contributed by atoms with Crippen molar-refractivity contribution in [1.29, 1.82) is 0 Å². The predicted molar refractivity (Wildman–Crippen MR) is 239 cm³/mol. The van der Waals surface area contributed by atoms with E-state index in [1.807, 2.05) is 60.9 Å². The summed E-state index contributed by atoms with van der Waals surface area (Å²) in [5.41, 5.74) is 10.3. The van der Waals surface area contributed by atoms with E-state index in [0.717, 1.165) is 49.8 Å². The number of fused-ring (bicyclic) bond motifs is 4. The van der Waals surface area contributed by atoms with Gasteiger partial charge in [-0.2, -0.15) is 0 Å². The average molecular weight is 937 g/mol. The van der Waals surface area contributed by atoms with Crippen LogP contribution in [0.2, 0.25) is 39.3 Å². The SMILES string of the molecule is C[Si](C)(C)c1ccc(-c2cc(-c3nccc4c3oc3ccccc34)[c-]c3ccccc23)cc1.C[Si](C)(C)c1ccc(-c2ccnc(-c3[c-]cccc3)c2)cc1.[Ir]. The fourth-order valence-electron chi connectivity index (χ4n) is 7.06. The molecular formula is C50H44IrN2OSi2-2. The third kappa shape index (κ3) is 8.16. The largest absolute Gasteiger partial charge is 0.462 e. The van der Waals surface area contributed by atoms with Gasteiger partial charge in [-0.1, -0.05) is 157 Å². The smallest absolute Gasteiger partial charge is 0.134 e. The molecule has 3 aromatic heterocycles. The minimum absolute atomic E-state index is 0. The summed E-state index contributed by atoms with van der Waals surface area (Å²) in [6.07, 6.45) is 3.74. The Morgan fingerprint density at radius 3 is 1.82 bits per heavy atom. The number of benzene rings is 6. The second-order valence-corrected chi connectivity index (χ2v) is 26.3.